The summed E-state index contributed by atoms with van der Waals surface area (Å²) in [7, 11) is 0. The van der Waals surface area contributed by atoms with Crippen LogP contribution in [0, 0.1) is 6.92 Å². The Bertz CT molecular complexity index is 512. The summed E-state index contributed by atoms with van der Waals surface area (Å²) in [5.74, 6) is 8.21. The van der Waals surface area contributed by atoms with E-state index < -0.39 is 5.60 Å². The lowest BCUT2D eigenvalue weighted by Gasteiger charge is -2.32. The molecule has 7 nitrogen and oxygen atoms in total. The first kappa shape index (κ1) is 14.5. The Balaban J connectivity index is 1.75. The zero-order valence-corrected chi connectivity index (χ0v) is 12.4. The van der Waals surface area contributed by atoms with E-state index in [1.54, 1.807) is 0 Å². The van der Waals surface area contributed by atoms with Crippen LogP contribution < -0.4 is 16.6 Å². The fourth-order valence-electron chi connectivity index (χ4n) is 2.55. The van der Waals surface area contributed by atoms with Gasteiger partial charge in [-0.3, -0.25) is 0 Å². The van der Waals surface area contributed by atoms with Crippen LogP contribution in [0.4, 0.5) is 11.6 Å². The van der Waals surface area contributed by atoms with E-state index in [-0.39, 0.29) is 0 Å². The highest BCUT2D eigenvalue weighted by atomic mass is 16.5. The molecule has 0 spiro atoms. The Morgan fingerprint density at radius 2 is 1.95 bits per heavy atom. The molecule has 1 aliphatic heterocycles. The number of anilines is 2. The van der Waals surface area contributed by atoms with Gasteiger partial charge in [-0.2, -0.15) is 0 Å². The summed E-state index contributed by atoms with van der Waals surface area (Å²) in [6.07, 6.45) is 3.55. The highest BCUT2D eigenvalue weighted by Gasteiger charge is 2.31. The van der Waals surface area contributed by atoms with Gasteiger partial charge in [0.15, 0.2) is 0 Å². The number of nitrogens with one attached hydrogen (secondary N) is 2. The number of hydrogen-bond acceptors (Lipinski definition) is 7. The Hall–Kier alpha value is -1.44. The summed E-state index contributed by atoms with van der Waals surface area (Å²) in [6.45, 7) is 3.58. The molecule has 1 aliphatic carbocycles. The molecule has 1 saturated heterocycles. The monoisotopic (exact) mass is 293 g/mol. The van der Waals surface area contributed by atoms with Crippen LogP contribution in [0.1, 0.15) is 43.0 Å². The van der Waals surface area contributed by atoms with Crippen LogP contribution in [0.15, 0.2) is 0 Å². The van der Waals surface area contributed by atoms with Gasteiger partial charge in [0, 0.05) is 44.1 Å². The van der Waals surface area contributed by atoms with Gasteiger partial charge in [0.25, 0.3) is 0 Å². The molecule has 0 unspecified atom stereocenters. The number of rotatable bonds is 5. The van der Waals surface area contributed by atoms with Gasteiger partial charge in [0.05, 0.1) is 5.60 Å². The van der Waals surface area contributed by atoms with Crippen molar-refractivity contribution in [2.24, 2.45) is 5.84 Å². The first-order chi connectivity index (χ1) is 10.1. The van der Waals surface area contributed by atoms with Crippen LogP contribution in [-0.2, 0) is 4.74 Å². The highest BCUT2D eigenvalue weighted by Crippen LogP contribution is 2.39. The fraction of sp³-hybridized carbons (Fsp3) is 0.714. The second-order valence-electron chi connectivity index (χ2n) is 6.01. The minimum atomic E-state index is -0.730. The lowest BCUT2D eigenvalue weighted by molar-refractivity contribution is -0.0543. The van der Waals surface area contributed by atoms with Crippen molar-refractivity contribution in [2.45, 2.75) is 44.1 Å². The number of nitrogens with two attached hydrogens (primary N) is 1. The van der Waals surface area contributed by atoms with E-state index >= 15 is 0 Å². The van der Waals surface area contributed by atoms with Crippen molar-refractivity contribution in [3.63, 3.8) is 0 Å². The van der Waals surface area contributed by atoms with Gasteiger partial charge in [-0.1, -0.05) is 0 Å². The van der Waals surface area contributed by atoms with Crippen molar-refractivity contribution in [2.75, 3.05) is 30.5 Å². The number of aliphatic hydroxyl groups is 1. The standard InChI is InChI=1S/C14H23N5O2/c1-9-11(16-8-14(20)4-6-21-7-5-14)17-13(10-2-3-10)18-12(9)19-15/h10,20H,2-8,15H2,1H3,(H2,16,17,18,19). The number of aromatic nitrogens is 2. The van der Waals surface area contributed by atoms with Gasteiger partial charge in [-0.05, 0) is 19.8 Å². The van der Waals surface area contributed by atoms with Crippen molar-refractivity contribution in [3.8, 4) is 0 Å². The molecule has 7 heteroatoms. The minimum absolute atomic E-state index is 0.449. The van der Waals surface area contributed by atoms with E-state index in [2.05, 4.69) is 20.7 Å². The molecule has 0 aromatic carbocycles. The Labute approximate surface area is 124 Å². The number of nitrogen functional groups attached to an aromatic ring is 1. The van der Waals surface area contributed by atoms with Crippen molar-refractivity contribution in [3.05, 3.63) is 11.4 Å². The normalized spacial score (nSPS) is 21.1. The molecule has 1 saturated carbocycles. The van der Waals surface area contributed by atoms with Crippen LogP contribution >= 0.6 is 0 Å². The molecule has 1 aromatic heterocycles. The smallest absolute Gasteiger partial charge is 0.148 e. The molecule has 3 rings (SSSR count). The van der Waals surface area contributed by atoms with E-state index in [1.807, 2.05) is 6.92 Å². The maximum absolute atomic E-state index is 10.5. The Morgan fingerprint density at radius 3 is 2.57 bits per heavy atom. The lowest BCUT2D eigenvalue weighted by atomic mass is 9.94. The molecule has 5 N–H and O–H groups in total. The zero-order chi connectivity index (χ0) is 14.9. The second kappa shape index (κ2) is 5.75. The number of nitrogens with zero attached hydrogens (tertiary/aromatic N) is 2. The van der Waals surface area contributed by atoms with Crippen LogP contribution in [0.2, 0.25) is 0 Å². The van der Waals surface area contributed by atoms with Gasteiger partial charge in [-0.25, -0.2) is 15.8 Å². The molecule has 116 valence electrons. The summed E-state index contributed by atoms with van der Waals surface area (Å²) in [6, 6.07) is 0. The minimum Gasteiger partial charge on any atom is -0.388 e. The van der Waals surface area contributed by atoms with Gasteiger partial charge >= 0.3 is 0 Å². The maximum Gasteiger partial charge on any atom is 0.148 e. The zero-order valence-electron chi connectivity index (χ0n) is 12.4. The third kappa shape index (κ3) is 3.25. The third-order valence-corrected chi connectivity index (χ3v) is 4.25. The molecule has 1 aromatic rings. The molecule has 0 radical (unpaired) electrons. The Kier molecular flexibility index (Phi) is 3.97. The van der Waals surface area contributed by atoms with E-state index in [0.29, 0.717) is 44.3 Å². The maximum atomic E-state index is 10.5. The molecule has 21 heavy (non-hydrogen) atoms. The summed E-state index contributed by atoms with van der Waals surface area (Å²) in [5, 5.41) is 13.8. The van der Waals surface area contributed by atoms with E-state index in [4.69, 9.17) is 10.6 Å². The van der Waals surface area contributed by atoms with E-state index in [1.165, 1.54) is 0 Å². The number of hydrazine groups is 1. The van der Waals surface area contributed by atoms with Crippen LogP contribution in [0.25, 0.3) is 0 Å². The molecule has 0 atom stereocenters. The molecular formula is C14H23N5O2. The SMILES string of the molecule is Cc1c(NN)nc(C2CC2)nc1NCC1(O)CCOCC1. The summed E-state index contributed by atoms with van der Waals surface area (Å²) in [5.41, 5.74) is 2.77. The summed E-state index contributed by atoms with van der Waals surface area (Å²) in [4.78, 5) is 9.05. The van der Waals surface area contributed by atoms with Crippen molar-refractivity contribution in [1.29, 1.82) is 0 Å². The fourth-order valence-corrected chi connectivity index (χ4v) is 2.55. The van der Waals surface area contributed by atoms with Gasteiger partial charge in [-0.15, -0.1) is 0 Å². The summed E-state index contributed by atoms with van der Waals surface area (Å²) < 4.78 is 5.30. The Morgan fingerprint density at radius 1 is 1.29 bits per heavy atom. The average molecular weight is 293 g/mol. The van der Waals surface area contributed by atoms with Gasteiger partial charge < -0.3 is 20.6 Å². The predicted octanol–water partition coefficient (Wildman–Crippen LogP) is 0.901. The van der Waals surface area contributed by atoms with E-state index in [9.17, 15) is 5.11 Å². The quantitative estimate of drug-likeness (QED) is 0.472. The van der Waals surface area contributed by atoms with Gasteiger partial charge in [0.1, 0.15) is 17.5 Å². The molecule has 0 bridgehead atoms. The molecule has 0 amide bonds. The molecule has 2 heterocycles. The lowest BCUT2D eigenvalue weighted by Crippen LogP contribution is -2.42. The predicted molar refractivity (Wildman–Crippen MR) is 80.0 cm³/mol. The second-order valence-corrected chi connectivity index (χ2v) is 6.01. The average Bonchev–Trinajstić information content (AvgIpc) is 3.32. The molecule has 2 aliphatic rings. The number of ether oxygens (including phenoxy) is 1. The largest absolute Gasteiger partial charge is 0.388 e. The van der Waals surface area contributed by atoms with E-state index in [0.717, 1.165) is 30.0 Å². The van der Waals surface area contributed by atoms with Crippen LogP contribution in [0.5, 0.6) is 0 Å². The highest BCUT2D eigenvalue weighted by molar-refractivity contribution is 5.57. The first-order valence-electron chi connectivity index (χ1n) is 7.50. The molecule has 2 fully saturated rings. The van der Waals surface area contributed by atoms with Crippen molar-refractivity contribution >= 4 is 11.6 Å². The molecular weight excluding hydrogens is 270 g/mol. The van der Waals surface area contributed by atoms with Crippen LogP contribution in [-0.4, -0.2) is 40.4 Å². The number of hydrogen-bond donors (Lipinski definition) is 4. The van der Waals surface area contributed by atoms with Crippen LogP contribution in [0.3, 0.4) is 0 Å². The first-order valence-corrected chi connectivity index (χ1v) is 7.50. The third-order valence-electron chi connectivity index (χ3n) is 4.25. The van der Waals surface area contributed by atoms with Gasteiger partial charge in [0.2, 0.25) is 0 Å². The summed E-state index contributed by atoms with van der Waals surface area (Å²) >= 11 is 0. The topological polar surface area (TPSA) is 105 Å². The van der Waals surface area contributed by atoms with Crippen molar-refractivity contribution in [1.82, 2.24) is 9.97 Å². The van der Waals surface area contributed by atoms with Crippen molar-refractivity contribution < 1.29 is 9.84 Å².